The number of nitrogens with one attached hydrogen (secondary N) is 1. The van der Waals surface area contributed by atoms with Crippen molar-refractivity contribution in [2.75, 3.05) is 26.7 Å². The molecular weight excluding hydrogens is 330 g/mol. The molecular formula is C16H21N3O4S. The average Bonchev–Trinajstić information content (AvgIpc) is 2.87. The highest BCUT2D eigenvalue weighted by atomic mass is 32.2. The van der Waals surface area contributed by atoms with Crippen molar-refractivity contribution in [3.05, 3.63) is 29.8 Å². The largest absolute Gasteiger partial charge is 0.359 e. The molecule has 8 heteroatoms. The van der Waals surface area contributed by atoms with E-state index in [1.807, 2.05) is 0 Å². The molecule has 0 aromatic heterocycles. The molecule has 0 radical (unpaired) electrons. The summed E-state index contributed by atoms with van der Waals surface area (Å²) in [4.78, 5) is 25.7. The van der Waals surface area contributed by atoms with Gasteiger partial charge in [-0.1, -0.05) is 18.2 Å². The van der Waals surface area contributed by atoms with E-state index >= 15 is 0 Å². The first kappa shape index (κ1) is 16.9. The summed E-state index contributed by atoms with van der Waals surface area (Å²) in [7, 11) is -1.98. The molecule has 7 nitrogen and oxygen atoms in total. The van der Waals surface area contributed by atoms with Gasteiger partial charge in [0.2, 0.25) is 21.8 Å². The Morgan fingerprint density at radius 1 is 1.21 bits per heavy atom. The zero-order valence-corrected chi connectivity index (χ0v) is 14.5. The number of sulfonamides is 1. The van der Waals surface area contributed by atoms with Gasteiger partial charge in [0, 0.05) is 33.1 Å². The quantitative estimate of drug-likeness (QED) is 0.825. The van der Waals surface area contributed by atoms with Crippen LogP contribution in [0.2, 0.25) is 0 Å². The molecule has 0 aliphatic carbocycles. The molecule has 1 N–H and O–H groups in total. The fraction of sp³-hybridized carbons (Fsp3) is 0.500. The molecule has 0 spiro atoms. The Morgan fingerprint density at radius 2 is 1.88 bits per heavy atom. The zero-order valence-electron chi connectivity index (χ0n) is 13.7. The maximum atomic E-state index is 12.7. The molecule has 2 aliphatic heterocycles. The number of rotatable bonds is 4. The predicted molar refractivity (Wildman–Crippen MR) is 87.6 cm³/mol. The Bertz CT molecular complexity index is 771. The minimum atomic E-state index is -3.53. The number of likely N-dealkylation sites (tertiary alicyclic amines) is 1. The summed E-state index contributed by atoms with van der Waals surface area (Å²) >= 11 is 0. The Balaban J connectivity index is 1.67. The number of carbonyl (C=O) groups is 2. The van der Waals surface area contributed by atoms with Crippen LogP contribution in [0.15, 0.2) is 29.2 Å². The summed E-state index contributed by atoms with van der Waals surface area (Å²) in [5.74, 6) is -0.569. The molecule has 2 aliphatic rings. The fourth-order valence-corrected chi connectivity index (χ4v) is 5.00. The topological polar surface area (TPSA) is 86.8 Å². The third-order valence-electron chi connectivity index (χ3n) is 4.76. The van der Waals surface area contributed by atoms with Crippen LogP contribution in [0.3, 0.4) is 0 Å². The van der Waals surface area contributed by atoms with E-state index in [2.05, 4.69) is 5.32 Å². The fourth-order valence-electron chi connectivity index (χ4n) is 3.26. The first-order valence-corrected chi connectivity index (χ1v) is 9.35. The van der Waals surface area contributed by atoms with Crippen LogP contribution in [0, 0.1) is 12.8 Å². The van der Waals surface area contributed by atoms with E-state index in [4.69, 9.17) is 0 Å². The van der Waals surface area contributed by atoms with Gasteiger partial charge in [-0.2, -0.15) is 4.31 Å². The van der Waals surface area contributed by atoms with Crippen molar-refractivity contribution in [1.29, 1.82) is 0 Å². The average molecular weight is 351 g/mol. The van der Waals surface area contributed by atoms with E-state index in [1.165, 1.54) is 4.31 Å². The molecule has 2 amide bonds. The summed E-state index contributed by atoms with van der Waals surface area (Å²) < 4.78 is 26.7. The van der Waals surface area contributed by atoms with Crippen LogP contribution in [-0.4, -0.2) is 62.2 Å². The summed E-state index contributed by atoms with van der Waals surface area (Å²) in [5, 5.41) is 2.56. The van der Waals surface area contributed by atoms with Gasteiger partial charge in [0.1, 0.15) is 0 Å². The van der Waals surface area contributed by atoms with Gasteiger partial charge in [0.05, 0.1) is 16.9 Å². The summed E-state index contributed by atoms with van der Waals surface area (Å²) in [5.41, 5.74) is 0.706. The lowest BCUT2D eigenvalue weighted by Crippen LogP contribution is -2.61. The van der Waals surface area contributed by atoms with Crippen molar-refractivity contribution in [2.45, 2.75) is 24.3 Å². The van der Waals surface area contributed by atoms with E-state index in [-0.39, 0.29) is 43.3 Å². The van der Waals surface area contributed by atoms with Crippen LogP contribution in [0.1, 0.15) is 12.0 Å². The molecule has 1 unspecified atom stereocenters. The number of carbonyl (C=O) groups excluding carboxylic acids is 2. The van der Waals surface area contributed by atoms with Gasteiger partial charge < -0.3 is 10.2 Å². The molecule has 2 saturated heterocycles. The number of hydrogen-bond acceptors (Lipinski definition) is 4. The lowest BCUT2D eigenvalue weighted by Gasteiger charge is -2.43. The van der Waals surface area contributed by atoms with Crippen molar-refractivity contribution in [3.8, 4) is 0 Å². The van der Waals surface area contributed by atoms with Crippen LogP contribution in [0.5, 0.6) is 0 Å². The van der Waals surface area contributed by atoms with Crippen molar-refractivity contribution in [1.82, 2.24) is 14.5 Å². The molecule has 0 saturated carbocycles. The normalized spacial score (nSPS) is 22.5. The van der Waals surface area contributed by atoms with Gasteiger partial charge in [-0.15, -0.1) is 0 Å². The van der Waals surface area contributed by atoms with Crippen LogP contribution in [0.4, 0.5) is 0 Å². The zero-order chi connectivity index (χ0) is 17.5. The standard InChI is InChI=1S/C16H21N3O4S/c1-11-5-3-4-6-14(11)24(22,23)18-9-13(10-18)19-8-12(7-15(19)20)16(21)17-2/h3-6,12-13H,7-10H2,1-2H3,(H,17,21). The van der Waals surface area contributed by atoms with Gasteiger partial charge in [0.25, 0.3) is 0 Å². The summed E-state index contributed by atoms with van der Waals surface area (Å²) in [6.45, 7) is 2.69. The molecule has 2 heterocycles. The van der Waals surface area contributed by atoms with Crippen LogP contribution < -0.4 is 5.32 Å². The van der Waals surface area contributed by atoms with Gasteiger partial charge >= 0.3 is 0 Å². The lowest BCUT2D eigenvalue weighted by atomic mass is 10.1. The highest BCUT2D eigenvalue weighted by Crippen LogP contribution is 2.29. The second-order valence-electron chi connectivity index (χ2n) is 6.30. The van der Waals surface area contributed by atoms with E-state index in [0.717, 1.165) is 0 Å². The second-order valence-corrected chi connectivity index (χ2v) is 8.21. The van der Waals surface area contributed by atoms with Crippen molar-refractivity contribution >= 4 is 21.8 Å². The minimum absolute atomic E-state index is 0.0819. The van der Waals surface area contributed by atoms with Crippen molar-refractivity contribution in [3.63, 3.8) is 0 Å². The van der Waals surface area contributed by atoms with Gasteiger partial charge in [-0.25, -0.2) is 8.42 Å². The highest BCUT2D eigenvalue weighted by Gasteiger charge is 2.45. The molecule has 0 bridgehead atoms. The number of amides is 2. The monoisotopic (exact) mass is 351 g/mol. The Kier molecular flexibility index (Phi) is 4.35. The SMILES string of the molecule is CNC(=O)C1CC(=O)N(C2CN(S(=O)(=O)c3ccccc3C)C2)C1. The van der Waals surface area contributed by atoms with E-state index < -0.39 is 10.0 Å². The molecule has 1 atom stereocenters. The third-order valence-corrected chi connectivity index (χ3v) is 6.75. The first-order valence-electron chi connectivity index (χ1n) is 7.91. The number of nitrogens with zero attached hydrogens (tertiary/aromatic N) is 2. The number of hydrogen-bond donors (Lipinski definition) is 1. The van der Waals surface area contributed by atoms with E-state index in [0.29, 0.717) is 17.0 Å². The Labute approximate surface area is 141 Å². The highest BCUT2D eigenvalue weighted by molar-refractivity contribution is 7.89. The van der Waals surface area contributed by atoms with Crippen LogP contribution in [0.25, 0.3) is 0 Å². The second kappa shape index (κ2) is 6.18. The van der Waals surface area contributed by atoms with Crippen molar-refractivity contribution < 1.29 is 18.0 Å². The predicted octanol–water partition coefficient (Wildman–Crippen LogP) is -0.0376. The van der Waals surface area contributed by atoms with Crippen LogP contribution >= 0.6 is 0 Å². The number of aryl methyl sites for hydroxylation is 1. The Morgan fingerprint density at radius 3 is 2.50 bits per heavy atom. The molecule has 130 valence electrons. The van der Waals surface area contributed by atoms with E-state index in [9.17, 15) is 18.0 Å². The first-order chi connectivity index (χ1) is 11.3. The third kappa shape index (κ3) is 2.80. The van der Waals surface area contributed by atoms with Gasteiger partial charge in [-0.3, -0.25) is 9.59 Å². The molecule has 3 rings (SSSR count). The van der Waals surface area contributed by atoms with E-state index in [1.54, 1.807) is 43.1 Å². The maximum Gasteiger partial charge on any atom is 0.243 e. The summed E-state index contributed by atoms with van der Waals surface area (Å²) in [6, 6.07) is 6.72. The van der Waals surface area contributed by atoms with Crippen LogP contribution in [-0.2, 0) is 19.6 Å². The summed E-state index contributed by atoms with van der Waals surface area (Å²) in [6.07, 6.45) is 0.195. The maximum absolute atomic E-state index is 12.7. The minimum Gasteiger partial charge on any atom is -0.359 e. The molecule has 1 aromatic rings. The molecule has 2 fully saturated rings. The molecule has 1 aromatic carbocycles. The lowest BCUT2D eigenvalue weighted by molar-refractivity contribution is -0.132. The van der Waals surface area contributed by atoms with Crippen molar-refractivity contribution in [2.24, 2.45) is 5.92 Å². The molecule has 24 heavy (non-hydrogen) atoms. The van der Waals surface area contributed by atoms with Gasteiger partial charge in [-0.05, 0) is 18.6 Å². The number of benzene rings is 1. The smallest absolute Gasteiger partial charge is 0.243 e. The van der Waals surface area contributed by atoms with Gasteiger partial charge in [0.15, 0.2) is 0 Å². The Hall–Kier alpha value is -1.93.